The molecule has 0 spiro atoms. The van der Waals surface area contributed by atoms with Gasteiger partial charge in [0.25, 0.3) is 0 Å². The number of benzene rings is 2. The highest BCUT2D eigenvalue weighted by Gasteiger charge is 2.08. The Balaban J connectivity index is 1.74. The number of para-hydroxylation sites is 1. The molecule has 0 saturated carbocycles. The molecule has 0 bridgehead atoms. The molecule has 2 aromatic carbocycles. The van der Waals surface area contributed by atoms with E-state index < -0.39 is 0 Å². The van der Waals surface area contributed by atoms with Crippen molar-refractivity contribution in [3.63, 3.8) is 0 Å². The first kappa shape index (κ1) is 14.0. The monoisotopic (exact) mass is 311 g/mol. The Kier molecular flexibility index (Phi) is 3.63. The van der Waals surface area contributed by atoms with Crippen LogP contribution < -0.4 is 5.32 Å². The van der Waals surface area contributed by atoms with Crippen LogP contribution in [0.15, 0.2) is 67.0 Å². The molecule has 2 aromatic heterocycles. The molecule has 4 rings (SSSR count). The fraction of sp³-hybridized carbons (Fsp3) is 0. The molecule has 0 fully saturated rings. The largest absolute Gasteiger partial charge is 0.341 e. The van der Waals surface area contributed by atoms with Crippen LogP contribution in [0.1, 0.15) is 11.3 Å². The summed E-state index contributed by atoms with van der Waals surface area (Å²) in [6.45, 7) is 0. The summed E-state index contributed by atoms with van der Waals surface area (Å²) in [5.74, 6) is 6.69. The maximum absolute atomic E-state index is 4.52. The second-order valence-electron chi connectivity index (χ2n) is 5.10. The molecule has 5 nitrogen and oxygen atoms in total. The van der Waals surface area contributed by atoms with Crippen LogP contribution >= 0.6 is 0 Å². The van der Waals surface area contributed by atoms with Gasteiger partial charge in [0.2, 0.25) is 5.95 Å². The van der Waals surface area contributed by atoms with Crippen LogP contribution in [0.25, 0.3) is 11.2 Å². The average Bonchev–Trinajstić information content (AvgIpc) is 3.10. The van der Waals surface area contributed by atoms with E-state index >= 15 is 0 Å². The van der Waals surface area contributed by atoms with Crippen molar-refractivity contribution < 1.29 is 0 Å². The maximum atomic E-state index is 4.52. The fourth-order valence-corrected chi connectivity index (χ4v) is 2.28. The summed E-state index contributed by atoms with van der Waals surface area (Å²) in [7, 11) is 0. The third-order valence-electron chi connectivity index (χ3n) is 3.41. The lowest BCUT2D eigenvalue weighted by molar-refractivity contribution is 1.18. The quantitative estimate of drug-likeness (QED) is 0.556. The van der Waals surface area contributed by atoms with E-state index in [1.165, 1.54) is 0 Å². The van der Waals surface area contributed by atoms with Crippen molar-refractivity contribution in [2.24, 2.45) is 0 Å². The molecule has 0 radical (unpaired) electrons. The fourth-order valence-electron chi connectivity index (χ4n) is 2.28. The Morgan fingerprint density at radius 1 is 0.833 bits per heavy atom. The number of H-pyrrole nitrogens is 1. The zero-order valence-electron chi connectivity index (χ0n) is 12.7. The number of anilines is 2. The van der Waals surface area contributed by atoms with Gasteiger partial charge in [0.05, 0.1) is 6.33 Å². The van der Waals surface area contributed by atoms with Gasteiger partial charge in [-0.25, -0.2) is 9.97 Å². The number of nitrogens with one attached hydrogen (secondary N) is 2. The van der Waals surface area contributed by atoms with Crippen LogP contribution in [-0.2, 0) is 0 Å². The maximum Gasteiger partial charge on any atom is 0.230 e. The summed E-state index contributed by atoms with van der Waals surface area (Å²) in [5, 5.41) is 3.18. The number of imidazole rings is 1. The molecule has 0 aliphatic carbocycles. The van der Waals surface area contributed by atoms with E-state index in [9.17, 15) is 0 Å². The number of hydrogen-bond acceptors (Lipinski definition) is 4. The molecule has 0 atom stereocenters. The van der Waals surface area contributed by atoms with Crippen molar-refractivity contribution in [3.05, 3.63) is 78.2 Å². The van der Waals surface area contributed by atoms with Gasteiger partial charge in [0, 0.05) is 11.3 Å². The summed E-state index contributed by atoms with van der Waals surface area (Å²) in [6.07, 6.45) is 1.60. The Bertz CT molecular complexity index is 1030. The first-order chi connectivity index (χ1) is 11.9. The second-order valence-corrected chi connectivity index (χ2v) is 5.10. The molecular formula is C19H13N5. The van der Waals surface area contributed by atoms with E-state index in [1.807, 2.05) is 60.7 Å². The zero-order chi connectivity index (χ0) is 16.2. The van der Waals surface area contributed by atoms with Crippen molar-refractivity contribution >= 4 is 22.8 Å². The molecule has 0 saturated heterocycles. The average molecular weight is 311 g/mol. The van der Waals surface area contributed by atoms with Crippen molar-refractivity contribution in [3.8, 4) is 11.8 Å². The topological polar surface area (TPSA) is 66.5 Å². The van der Waals surface area contributed by atoms with Crippen LogP contribution in [0.3, 0.4) is 0 Å². The molecule has 24 heavy (non-hydrogen) atoms. The van der Waals surface area contributed by atoms with E-state index in [2.05, 4.69) is 37.1 Å². The van der Waals surface area contributed by atoms with Gasteiger partial charge in [-0.15, -0.1) is 0 Å². The van der Waals surface area contributed by atoms with Gasteiger partial charge in [0.15, 0.2) is 5.65 Å². The summed E-state index contributed by atoms with van der Waals surface area (Å²) in [5.41, 5.74) is 3.77. The molecule has 2 N–H and O–H groups in total. The molecule has 4 aromatic rings. The van der Waals surface area contributed by atoms with Gasteiger partial charge in [-0.2, -0.15) is 4.98 Å². The number of rotatable bonds is 2. The zero-order valence-corrected chi connectivity index (χ0v) is 12.7. The number of nitrogens with zero attached hydrogens (tertiary/aromatic N) is 3. The highest BCUT2D eigenvalue weighted by atomic mass is 15.1. The molecule has 0 unspecified atom stereocenters. The molecule has 0 amide bonds. The van der Waals surface area contributed by atoms with Crippen LogP contribution in [-0.4, -0.2) is 19.9 Å². The summed E-state index contributed by atoms with van der Waals surface area (Å²) in [6, 6.07) is 19.6. The van der Waals surface area contributed by atoms with E-state index in [-0.39, 0.29) is 0 Å². The van der Waals surface area contributed by atoms with Gasteiger partial charge in [-0.1, -0.05) is 42.3 Å². The molecule has 0 aliphatic heterocycles. The first-order valence-corrected chi connectivity index (χ1v) is 7.49. The lowest BCUT2D eigenvalue weighted by Crippen LogP contribution is -2.00. The minimum atomic E-state index is 0.471. The Morgan fingerprint density at radius 2 is 1.58 bits per heavy atom. The highest BCUT2D eigenvalue weighted by molar-refractivity contribution is 5.78. The third-order valence-corrected chi connectivity index (χ3v) is 3.41. The van der Waals surface area contributed by atoms with Gasteiger partial charge in [-0.05, 0) is 30.2 Å². The van der Waals surface area contributed by atoms with Crippen LogP contribution in [0.5, 0.6) is 0 Å². The van der Waals surface area contributed by atoms with Crippen LogP contribution in [0.2, 0.25) is 0 Å². The standard InChI is InChI=1S/C19H13N5/c1-3-7-14(8-4-1)11-12-16-17-18(21-13-20-17)24-19(23-16)22-15-9-5-2-6-10-15/h1-10,13H,(H2,20,21,22,23,24). The van der Waals surface area contributed by atoms with E-state index in [0.29, 0.717) is 17.3 Å². The lowest BCUT2D eigenvalue weighted by atomic mass is 10.2. The molecule has 2 heterocycles. The molecule has 0 aliphatic rings. The van der Waals surface area contributed by atoms with Crippen molar-refractivity contribution in [2.45, 2.75) is 0 Å². The predicted octanol–water partition coefficient (Wildman–Crippen LogP) is 3.50. The van der Waals surface area contributed by atoms with E-state index in [1.54, 1.807) is 6.33 Å². The molecular weight excluding hydrogens is 298 g/mol. The summed E-state index contributed by atoms with van der Waals surface area (Å²) < 4.78 is 0. The van der Waals surface area contributed by atoms with Crippen LogP contribution in [0.4, 0.5) is 11.6 Å². The minimum absolute atomic E-state index is 0.471. The highest BCUT2D eigenvalue weighted by Crippen LogP contribution is 2.17. The molecule has 114 valence electrons. The van der Waals surface area contributed by atoms with E-state index in [0.717, 1.165) is 16.8 Å². The normalized spacial score (nSPS) is 10.2. The van der Waals surface area contributed by atoms with Crippen LogP contribution in [0, 0.1) is 11.8 Å². The first-order valence-electron chi connectivity index (χ1n) is 7.49. The Hall–Kier alpha value is -3.65. The minimum Gasteiger partial charge on any atom is -0.341 e. The number of hydrogen-bond donors (Lipinski definition) is 2. The Labute approximate surface area is 138 Å². The Morgan fingerprint density at radius 3 is 2.38 bits per heavy atom. The van der Waals surface area contributed by atoms with Gasteiger partial charge >= 0.3 is 0 Å². The van der Waals surface area contributed by atoms with Crippen molar-refractivity contribution in [2.75, 3.05) is 5.32 Å². The second kappa shape index (κ2) is 6.23. The lowest BCUT2D eigenvalue weighted by Gasteiger charge is -2.04. The van der Waals surface area contributed by atoms with Gasteiger partial charge in [-0.3, -0.25) is 0 Å². The van der Waals surface area contributed by atoms with Gasteiger partial charge in [0.1, 0.15) is 11.2 Å². The number of fused-ring (bicyclic) bond motifs is 1. The molecule has 5 heteroatoms. The predicted molar refractivity (Wildman–Crippen MR) is 93.8 cm³/mol. The number of aromatic amines is 1. The SMILES string of the molecule is C(#Cc1nc(Nc2ccccc2)nc2nc[nH]c12)c1ccccc1. The van der Waals surface area contributed by atoms with E-state index in [4.69, 9.17) is 0 Å². The van der Waals surface area contributed by atoms with Crippen molar-refractivity contribution in [1.82, 2.24) is 19.9 Å². The van der Waals surface area contributed by atoms with Crippen molar-refractivity contribution in [1.29, 1.82) is 0 Å². The third kappa shape index (κ3) is 2.94. The van der Waals surface area contributed by atoms with Gasteiger partial charge < -0.3 is 10.3 Å². The summed E-state index contributed by atoms with van der Waals surface area (Å²) >= 11 is 0. The smallest absolute Gasteiger partial charge is 0.230 e. The summed E-state index contributed by atoms with van der Waals surface area (Å²) in [4.78, 5) is 16.2. The number of aromatic nitrogens is 4.